The van der Waals surface area contributed by atoms with E-state index in [0.29, 0.717) is 29.3 Å². The number of hydrogen-bond acceptors (Lipinski definition) is 4. The molecule has 1 saturated carbocycles. The standard InChI is InChI=1S/C24H31N3O3/c25-15-20-11-12-21(26-23(29)13-8-17-4-2-1-3-5-17)14-22(20)27-24(30)19-9-6-18(16-28)7-10-19/h6-7,9-12,14,17,28H,1-5,8,13,15-16,25H2,(H,26,29)(H,27,30). The lowest BCUT2D eigenvalue weighted by molar-refractivity contribution is -0.116. The first kappa shape index (κ1) is 22.0. The van der Waals surface area contributed by atoms with E-state index in [1.807, 2.05) is 12.1 Å². The summed E-state index contributed by atoms with van der Waals surface area (Å²) in [6, 6.07) is 12.1. The largest absolute Gasteiger partial charge is 0.392 e. The summed E-state index contributed by atoms with van der Waals surface area (Å²) in [5.41, 5.74) is 9.06. The third-order valence-corrected chi connectivity index (χ3v) is 5.76. The number of nitrogens with one attached hydrogen (secondary N) is 2. The first-order chi connectivity index (χ1) is 14.6. The number of carbonyl (C=O) groups is 2. The zero-order valence-corrected chi connectivity index (χ0v) is 17.3. The second-order valence-corrected chi connectivity index (χ2v) is 7.98. The lowest BCUT2D eigenvalue weighted by atomic mass is 9.86. The van der Waals surface area contributed by atoms with Crippen molar-refractivity contribution in [3.63, 3.8) is 0 Å². The van der Waals surface area contributed by atoms with Crippen molar-refractivity contribution < 1.29 is 14.7 Å². The Morgan fingerprint density at radius 3 is 2.40 bits per heavy atom. The van der Waals surface area contributed by atoms with Crippen molar-refractivity contribution in [3.8, 4) is 0 Å². The molecule has 0 unspecified atom stereocenters. The number of amides is 2. The zero-order chi connectivity index (χ0) is 21.3. The molecule has 1 aliphatic rings. The lowest BCUT2D eigenvalue weighted by Crippen LogP contribution is -2.17. The molecule has 0 atom stereocenters. The molecule has 0 saturated heterocycles. The van der Waals surface area contributed by atoms with Crippen molar-refractivity contribution in [2.24, 2.45) is 11.7 Å². The predicted octanol–water partition coefficient (Wildman–Crippen LogP) is 4.19. The third kappa shape index (κ3) is 6.15. The summed E-state index contributed by atoms with van der Waals surface area (Å²) in [5.74, 6) is 0.393. The van der Waals surface area contributed by atoms with Crippen LogP contribution in [-0.2, 0) is 17.9 Å². The van der Waals surface area contributed by atoms with Crippen LogP contribution in [0.4, 0.5) is 11.4 Å². The minimum atomic E-state index is -0.269. The molecule has 3 rings (SSSR count). The fourth-order valence-corrected chi connectivity index (χ4v) is 3.94. The van der Waals surface area contributed by atoms with Crippen LogP contribution in [0.5, 0.6) is 0 Å². The maximum Gasteiger partial charge on any atom is 0.255 e. The summed E-state index contributed by atoms with van der Waals surface area (Å²) in [6.45, 7) is 0.205. The molecule has 0 aliphatic heterocycles. The minimum Gasteiger partial charge on any atom is -0.392 e. The lowest BCUT2D eigenvalue weighted by Gasteiger charge is -2.21. The van der Waals surface area contributed by atoms with Gasteiger partial charge in [-0.1, -0.05) is 50.3 Å². The smallest absolute Gasteiger partial charge is 0.255 e. The highest BCUT2D eigenvalue weighted by Crippen LogP contribution is 2.28. The summed E-state index contributed by atoms with van der Waals surface area (Å²) in [7, 11) is 0. The van der Waals surface area contributed by atoms with Gasteiger partial charge in [0.25, 0.3) is 5.91 Å². The molecule has 0 aromatic heterocycles. The highest BCUT2D eigenvalue weighted by molar-refractivity contribution is 6.05. The molecule has 0 bridgehead atoms. The minimum absolute atomic E-state index is 0.00191. The fraction of sp³-hybridized carbons (Fsp3) is 0.417. The molecule has 2 amide bonds. The van der Waals surface area contributed by atoms with E-state index in [9.17, 15) is 9.59 Å². The van der Waals surface area contributed by atoms with Crippen LogP contribution in [0.3, 0.4) is 0 Å². The average Bonchev–Trinajstić information content (AvgIpc) is 2.78. The van der Waals surface area contributed by atoms with Crippen LogP contribution >= 0.6 is 0 Å². The Bertz CT molecular complexity index is 858. The first-order valence-corrected chi connectivity index (χ1v) is 10.7. The van der Waals surface area contributed by atoms with Crippen molar-refractivity contribution in [1.29, 1.82) is 0 Å². The maximum atomic E-state index is 12.6. The predicted molar refractivity (Wildman–Crippen MR) is 119 cm³/mol. The van der Waals surface area contributed by atoms with Crippen molar-refractivity contribution >= 4 is 23.2 Å². The van der Waals surface area contributed by atoms with Gasteiger partial charge in [-0.3, -0.25) is 9.59 Å². The van der Waals surface area contributed by atoms with Gasteiger partial charge in [-0.25, -0.2) is 0 Å². The van der Waals surface area contributed by atoms with Crippen molar-refractivity contribution in [1.82, 2.24) is 0 Å². The normalized spacial score (nSPS) is 14.3. The fourth-order valence-electron chi connectivity index (χ4n) is 3.94. The summed E-state index contributed by atoms with van der Waals surface area (Å²) in [6.07, 6.45) is 7.78. The van der Waals surface area contributed by atoms with Crippen LogP contribution in [0.1, 0.15) is 66.4 Å². The Balaban J connectivity index is 1.62. The number of aliphatic hydroxyl groups excluding tert-OH is 1. The Kier molecular flexibility index (Phi) is 7.99. The van der Waals surface area contributed by atoms with Crippen LogP contribution in [0, 0.1) is 5.92 Å². The van der Waals surface area contributed by atoms with E-state index in [4.69, 9.17) is 10.8 Å². The number of rotatable bonds is 8. The Morgan fingerprint density at radius 1 is 1.00 bits per heavy atom. The van der Waals surface area contributed by atoms with Crippen LogP contribution < -0.4 is 16.4 Å². The molecule has 0 spiro atoms. The molecule has 30 heavy (non-hydrogen) atoms. The van der Waals surface area contributed by atoms with E-state index in [1.165, 1.54) is 32.1 Å². The second-order valence-electron chi connectivity index (χ2n) is 7.98. The molecule has 1 aliphatic carbocycles. The molecular weight excluding hydrogens is 378 g/mol. The number of benzene rings is 2. The Hall–Kier alpha value is -2.70. The highest BCUT2D eigenvalue weighted by atomic mass is 16.3. The van der Waals surface area contributed by atoms with Gasteiger partial charge in [0.15, 0.2) is 0 Å². The summed E-state index contributed by atoms with van der Waals surface area (Å²) < 4.78 is 0. The molecule has 0 heterocycles. The van der Waals surface area contributed by atoms with Gasteiger partial charge in [0.05, 0.1) is 6.61 Å². The third-order valence-electron chi connectivity index (χ3n) is 5.76. The van der Waals surface area contributed by atoms with Crippen LogP contribution in [-0.4, -0.2) is 16.9 Å². The van der Waals surface area contributed by atoms with Crippen LogP contribution in [0.15, 0.2) is 42.5 Å². The van der Waals surface area contributed by atoms with Gasteiger partial charge < -0.3 is 21.5 Å². The SMILES string of the molecule is NCc1ccc(NC(=O)CCC2CCCCC2)cc1NC(=O)c1ccc(CO)cc1. The average molecular weight is 410 g/mol. The molecule has 0 radical (unpaired) electrons. The Labute approximate surface area is 177 Å². The van der Waals surface area contributed by atoms with E-state index >= 15 is 0 Å². The van der Waals surface area contributed by atoms with E-state index in [0.717, 1.165) is 17.5 Å². The van der Waals surface area contributed by atoms with Crippen molar-refractivity contribution in [2.75, 3.05) is 10.6 Å². The molecule has 6 heteroatoms. The summed E-state index contributed by atoms with van der Waals surface area (Å²) >= 11 is 0. The number of carbonyl (C=O) groups excluding carboxylic acids is 2. The first-order valence-electron chi connectivity index (χ1n) is 10.7. The number of aliphatic hydroxyl groups is 1. The van der Waals surface area contributed by atoms with E-state index < -0.39 is 0 Å². The number of hydrogen-bond donors (Lipinski definition) is 4. The zero-order valence-electron chi connectivity index (χ0n) is 17.3. The van der Waals surface area contributed by atoms with E-state index in [1.54, 1.807) is 30.3 Å². The van der Waals surface area contributed by atoms with Crippen molar-refractivity contribution in [2.45, 2.75) is 58.1 Å². The van der Waals surface area contributed by atoms with Gasteiger partial charge in [-0.15, -0.1) is 0 Å². The Morgan fingerprint density at radius 2 is 1.73 bits per heavy atom. The summed E-state index contributed by atoms with van der Waals surface area (Å²) in [5, 5.41) is 15.0. The van der Waals surface area contributed by atoms with Gasteiger partial charge >= 0.3 is 0 Å². The molecule has 2 aromatic rings. The second kappa shape index (κ2) is 10.9. The summed E-state index contributed by atoms with van der Waals surface area (Å²) in [4.78, 5) is 25.0. The van der Waals surface area contributed by atoms with Gasteiger partial charge in [0, 0.05) is 29.9 Å². The number of nitrogens with two attached hydrogens (primary N) is 1. The quantitative estimate of drug-likeness (QED) is 0.525. The van der Waals surface area contributed by atoms with Gasteiger partial charge in [0.2, 0.25) is 5.91 Å². The van der Waals surface area contributed by atoms with E-state index in [2.05, 4.69) is 10.6 Å². The number of anilines is 2. The van der Waals surface area contributed by atoms with E-state index in [-0.39, 0.29) is 25.0 Å². The van der Waals surface area contributed by atoms with Gasteiger partial charge in [-0.2, -0.15) is 0 Å². The molecular formula is C24H31N3O3. The van der Waals surface area contributed by atoms with Gasteiger partial charge in [-0.05, 0) is 47.7 Å². The van der Waals surface area contributed by atoms with Gasteiger partial charge in [0.1, 0.15) is 0 Å². The van der Waals surface area contributed by atoms with Crippen LogP contribution in [0.2, 0.25) is 0 Å². The molecule has 160 valence electrons. The van der Waals surface area contributed by atoms with Crippen LogP contribution in [0.25, 0.3) is 0 Å². The molecule has 5 N–H and O–H groups in total. The monoisotopic (exact) mass is 409 g/mol. The molecule has 1 fully saturated rings. The van der Waals surface area contributed by atoms with Crippen molar-refractivity contribution in [3.05, 3.63) is 59.2 Å². The maximum absolute atomic E-state index is 12.6. The molecule has 2 aromatic carbocycles. The highest BCUT2D eigenvalue weighted by Gasteiger charge is 2.15. The molecule has 6 nitrogen and oxygen atoms in total. The topological polar surface area (TPSA) is 104 Å².